The van der Waals surface area contributed by atoms with Crippen molar-refractivity contribution in [2.45, 2.75) is 20.3 Å². The lowest BCUT2D eigenvalue weighted by Gasteiger charge is -2.05. The maximum absolute atomic E-state index is 12.1. The number of carbonyl (C=O) groups is 1. The quantitative estimate of drug-likeness (QED) is 0.924. The van der Waals surface area contributed by atoms with Gasteiger partial charge in [-0.15, -0.1) is 11.3 Å². The molecule has 2 aromatic rings. The first-order chi connectivity index (χ1) is 9.10. The van der Waals surface area contributed by atoms with Crippen LogP contribution in [0.4, 0.5) is 5.69 Å². The molecule has 19 heavy (non-hydrogen) atoms. The number of rotatable bonds is 3. The molecule has 96 valence electrons. The molecule has 0 aliphatic heterocycles. The number of aryl methyl sites for hydroxylation is 2. The van der Waals surface area contributed by atoms with Crippen LogP contribution in [0, 0.1) is 25.2 Å². The molecular formula is C15H14N2OS. The Bertz CT molecular complexity index is 635. The molecule has 0 aliphatic carbocycles. The highest BCUT2D eigenvalue weighted by molar-refractivity contribution is 7.12. The van der Waals surface area contributed by atoms with Crippen LogP contribution in [0.1, 0.15) is 25.7 Å². The van der Waals surface area contributed by atoms with E-state index in [1.165, 1.54) is 0 Å². The van der Waals surface area contributed by atoms with Crippen LogP contribution >= 0.6 is 11.3 Å². The molecule has 0 saturated heterocycles. The third-order valence-corrected chi connectivity index (χ3v) is 3.75. The number of hydrogen-bond donors (Lipinski definition) is 1. The van der Waals surface area contributed by atoms with Gasteiger partial charge in [0, 0.05) is 15.4 Å². The number of nitriles is 1. The van der Waals surface area contributed by atoms with Crippen LogP contribution in [0.3, 0.4) is 0 Å². The van der Waals surface area contributed by atoms with E-state index in [1.807, 2.05) is 44.2 Å². The van der Waals surface area contributed by atoms with Gasteiger partial charge in [0.25, 0.3) is 5.91 Å². The van der Waals surface area contributed by atoms with Gasteiger partial charge in [-0.05, 0) is 37.6 Å². The van der Waals surface area contributed by atoms with E-state index < -0.39 is 0 Å². The normalized spacial score (nSPS) is 9.95. The fourth-order valence-corrected chi connectivity index (χ4v) is 2.77. The van der Waals surface area contributed by atoms with Crippen LogP contribution in [0.2, 0.25) is 0 Å². The summed E-state index contributed by atoms with van der Waals surface area (Å²) in [5.74, 6) is -0.0881. The van der Waals surface area contributed by atoms with Crippen molar-refractivity contribution in [3.63, 3.8) is 0 Å². The van der Waals surface area contributed by atoms with E-state index >= 15 is 0 Å². The van der Waals surface area contributed by atoms with Gasteiger partial charge in [0.15, 0.2) is 0 Å². The maximum Gasteiger partial charge on any atom is 0.256 e. The monoisotopic (exact) mass is 270 g/mol. The fourth-order valence-electron chi connectivity index (χ4n) is 1.85. The number of carbonyl (C=O) groups excluding carboxylic acids is 1. The topological polar surface area (TPSA) is 52.9 Å². The summed E-state index contributed by atoms with van der Waals surface area (Å²) in [6.07, 6.45) is 0.386. The molecule has 0 fully saturated rings. The number of anilines is 1. The van der Waals surface area contributed by atoms with Crippen molar-refractivity contribution in [3.8, 4) is 6.07 Å². The molecule has 1 N–H and O–H groups in total. The molecule has 4 heteroatoms. The Morgan fingerprint density at radius 1 is 1.32 bits per heavy atom. The molecule has 1 aromatic heterocycles. The summed E-state index contributed by atoms with van der Waals surface area (Å²) in [6, 6.07) is 11.3. The first kappa shape index (κ1) is 13.3. The summed E-state index contributed by atoms with van der Waals surface area (Å²) >= 11 is 1.62. The number of nitrogens with one attached hydrogen (secondary N) is 1. The van der Waals surface area contributed by atoms with Gasteiger partial charge in [-0.1, -0.05) is 12.1 Å². The van der Waals surface area contributed by atoms with Crippen molar-refractivity contribution in [2.24, 2.45) is 0 Å². The van der Waals surface area contributed by atoms with Crippen LogP contribution < -0.4 is 5.32 Å². The Kier molecular flexibility index (Phi) is 3.98. The van der Waals surface area contributed by atoms with Gasteiger partial charge in [0.05, 0.1) is 18.1 Å². The van der Waals surface area contributed by atoms with Crippen molar-refractivity contribution in [1.82, 2.24) is 0 Å². The number of amides is 1. The van der Waals surface area contributed by atoms with Gasteiger partial charge < -0.3 is 5.32 Å². The van der Waals surface area contributed by atoms with E-state index in [-0.39, 0.29) is 5.91 Å². The zero-order chi connectivity index (χ0) is 13.8. The summed E-state index contributed by atoms with van der Waals surface area (Å²) in [4.78, 5) is 14.3. The van der Waals surface area contributed by atoms with E-state index in [4.69, 9.17) is 5.26 Å². The van der Waals surface area contributed by atoms with Gasteiger partial charge in [-0.3, -0.25) is 4.79 Å². The van der Waals surface area contributed by atoms with Crippen LogP contribution in [0.5, 0.6) is 0 Å². The molecule has 0 aliphatic rings. The highest BCUT2D eigenvalue weighted by Gasteiger charge is 2.11. The first-order valence-electron chi connectivity index (χ1n) is 5.94. The summed E-state index contributed by atoms with van der Waals surface area (Å²) in [6.45, 7) is 3.94. The molecule has 0 saturated carbocycles. The highest BCUT2D eigenvalue weighted by Crippen LogP contribution is 2.21. The predicted molar refractivity (Wildman–Crippen MR) is 77.5 cm³/mol. The molecule has 0 spiro atoms. The zero-order valence-corrected chi connectivity index (χ0v) is 11.7. The summed E-state index contributed by atoms with van der Waals surface area (Å²) < 4.78 is 0. The molecule has 0 radical (unpaired) electrons. The Morgan fingerprint density at radius 3 is 2.53 bits per heavy atom. The standard InChI is InChI=1S/C15H14N2OS/c1-10-9-14(11(2)19-10)15(18)17-13-5-3-12(4-6-13)7-8-16/h3-6,9H,7H2,1-2H3,(H,17,18). The SMILES string of the molecule is Cc1cc(C(=O)Nc2ccc(CC#N)cc2)c(C)s1. The smallest absolute Gasteiger partial charge is 0.256 e. The Balaban J connectivity index is 2.11. The van der Waals surface area contributed by atoms with Crippen LogP contribution in [-0.4, -0.2) is 5.91 Å². The van der Waals surface area contributed by atoms with E-state index in [2.05, 4.69) is 11.4 Å². The molecule has 1 aromatic carbocycles. The molecule has 0 unspecified atom stereocenters. The van der Waals surface area contributed by atoms with Gasteiger partial charge in [0.2, 0.25) is 0 Å². The molecule has 0 atom stereocenters. The maximum atomic E-state index is 12.1. The zero-order valence-electron chi connectivity index (χ0n) is 10.9. The molecule has 2 rings (SSSR count). The average Bonchev–Trinajstić information content (AvgIpc) is 2.71. The second kappa shape index (κ2) is 5.68. The van der Waals surface area contributed by atoms with Crippen molar-refractivity contribution in [1.29, 1.82) is 5.26 Å². The minimum atomic E-state index is -0.0881. The molecular weight excluding hydrogens is 256 g/mol. The van der Waals surface area contributed by atoms with Gasteiger partial charge >= 0.3 is 0 Å². The van der Waals surface area contributed by atoms with Gasteiger partial charge in [0.1, 0.15) is 0 Å². The highest BCUT2D eigenvalue weighted by atomic mass is 32.1. The van der Waals surface area contributed by atoms with Gasteiger partial charge in [-0.2, -0.15) is 5.26 Å². The minimum Gasteiger partial charge on any atom is -0.322 e. The van der Waals surface area contributed by atoms with Crippen molar-refractivity contribution in [3.05, 3.63) is 51.2 Å². The predicted octanol–water partition coefficient (Wildman–Crippen LogP) is 3.68. The molecule has 1 heterocycles. The number of hydrogen-bond acceptors (Lipinski definition) is 3. The van der Waals surface area contributed by atoms with E-state index in [9.17, 15) is 4.79 Å². The van der Waals surface area contributed by atoms with Crippen molar-refractivity contribution < 1.29 is 4.79 Å². The third-order valence-electron chi connectivity index (χ3n) is 2.78. The lowest BCUT2D eigenvalue weighted by molar-refractivity contribution is 0.102. The lowest BCUT2D eigenvalue weighted by atomic mass is 10.1. The van der Waals surface area contributed by atoms with Crippen LogP contribution in [0.25, 0.3) is 0 Å². The second-order valence-electron chi connectivity index (χ2n) is 4.31. The van der Waals surface area contributed by atoms with E-state index in [0.29, 0.717) is 6.42 Å². The summed E-state index contributed by atoms with van der Waals surface area (Å²) in [7, 11) is 0. The summed E-state index contributed by atoms with van der Waals surface area (Å²) in [5, 5.41) is 11.5. The minimum absolute atomic E-state index is 0.0881. The average molecular weight is 270 g/mol. The van der Waals surface area contributed by atoms with E-state index in [1.54, 1.807) is 11.3 Å². The van der Waals surface area contributed by atoms with Crippen LogP contribution in [-0.2, 0) is 6.42 Å². The molecule has 0 bridgehead atoms. The fraction of sp³-hybridized carbons (Fsp3) is 0.200. The molecule has 3 nitrogen and oxygen atoms in total. The van der Waals surface area contributed by atoms with Gasteiger partial charge in [-0.25, -0.2) is 0 Å². The largest absolute Gasteiger partial charge is 0.322 e. The number of thiophene rings is 1. The number of benzene rings is 1. The Labute approximate surface area is 116 Å². The molecule has 1 amide bonds. The summed E-state index contributed by atoms with van der Waals surface area (Å²) in [5.41, 5.74) is 2.42. The second-order valence-corrected chi connectivity index (χ2v) is 5.77. The van der Waals surface area contributed by atoms with Crippen molar-refractivity contribution in [2.75, 3.05) is 5.32 Å². The Hall–Kier alpha value is -2.12. The van der Waals surface area contributed by atoms with Crippen LogP contribution in [0.15, 0.2) is 30.3 Å². The number of nitrogens with zero attached hydrogens (tertiary/aromatic N) is 1. The first-order valence-corrected chi connectivity index (χ1v) is 6.76. The Morgan fingerprint density at radius 2 is 2.00 bits per heavy atom. The van der Waals surface area contributed by atoms with Crippen molar-refractivity contribution >= 4 is 22.9 Å². The lowest BCUT2D eigenvalue weighted by Crippen LogP contribution is -2.11. The van der Waals surface area contributed by atoms with E-state index in [0.717, 1.165) is 26.6 Å². The third kappa shape index (κ3) is 3.21.